The Morgan fingerprint density at radius 1 is 1.31 bits per heavy atom. The molecule has 1 atom stereocenters. The summed E-state index contributed by atoms with van der Waals surface area (Å²) in [5.74, 6) is 0.351. The van der Waals surface area contributed by atoms with Gasteiger partial charge in [0.2, 0.25) is 0 Å². The third kappa shape index (κ3) is 2.97. The summed E-state index contributed by atoms with van der Waals surface area (Å²) >= 11 is 0. The van der Waals surface area contributed by atoms with Gasteiger partial charge < -0.3 is 10.1 Å². The molecule has 1 aliphatic rings. The van der Waals surface area contributed by atoms with E-state index in [0.29, 0.717) is 12.5 Å². The zero-order valence-corrected chi connectivity index (χ0v) is 10.8. The molecule has 16 heavy (non-hydrogen) atoms. The molecule has 3 nitrogen and oxygen atoms in total. The third-order valence-corrected chi connectivity index (χ3v) is 3.67. The van der Waals surface area contributed by atoms with E-state index in [9.17, 15) is 4.79 Å². The van der Waals surface area contributed by atoms with Crippen molar-refractivity contribution in [1.82, 2.24) is 5.32 Å². The molecule has 0 amide bonds. The molecule has 1 aliphatic carbocycles. The molecule has 0 aliphatic heterocycles. The van der Waals surface area contributed by atoms with Crippen LogP contribution in [0.5, 0.6) is 0 Å². The summed E-state index contributed by atoms with van der Waals surface area (Å²) < 4.78 is 5.21. The number of carbonyl (C=O) groups excluding carboxylic acids is 1. The lowest BCUT2D eigenvalue weighted by Crippen LogP contribution is -2.56. The highest BCUT2D eigenvalue weighted by Gasteiger charge is 2.41. The molecule has 0 radical (unpaired) electrons. The van der Waals surface area contributed by atoms with Gasteiger partial charge in [0.05, 0.1) is 6.61 Å². The summed E-state index contributed by atoms with van der Waals surface area (Å²) in [4.78, 5) is 12.1. The number of ether oxygens (including phenoxy) is 1. The third-order valence-electron chi connectivity index (χ3n) is 3.67. The molecule has 1 unspecified atom stereocenters. The number of hydrogen-bond acceptors (Lipinski definition) is 3. The predicted octanol–water partition coefficient (Wildman–Crippen LogP) is 2.50. The fourth-order valence-electron chi connectivity index (χ4n) is 2.71. The Labute approximate surface area is 98.9 Å². The fourth-order valence-corrected chi connectivity index (χ4v) is 2.71. The van der Waals surface area contributed by atoms with Gasteiger partial charge in [0.1, 0.15) is 5.54 Å². The van der Waals surface area contributed by atoms with Crippen molar-refractivity contribution in [1.29, 1.82) is 0 Å². The molecule has 94 valence electrons. The predicted molar refractivity (Wildman–Crippen MR) is 65.3 cm³/mol. The molecule has 0 aromatic rings. The number of esters is 1. The summed E-state index contributed by atoms with van der Waals surface area (Å²) in [6.07, 6.45) is 6.07. The first kappa shape index (κ1) is 13.5. The fraction of sp³-hybridized carbons (Fsp3) is 0.923. The number of nitrogens with one attached hydrogen (secondary N) is 1. The van der Waals surface area contributed by atoms with Crippen molar-refractivity contribution in [2.24, 2.45) is 5.92 Å². The van der Waals surface area contributed by atoms with E-state index in [0.717, 1.165) is 19.4 Å². The minimum atomic E-state index is -0.481. The summed E-state index contributed by atoms with van der Waals surface area (Å²) in [7, 11) is 0. The van der Waals surface area contributed by atoms with Gasteiger partial charge in [-0.15, -0.1) is 0 Å². The average Bonchev–Trinajstić information content (AvgIpc) is 2.30. The Balaban J connectivity index is 2.72. The van der Waals surface area contributed by atoms with Gasteiger partial charge in [0, 0.05) is 0 Å². The van der Waals surface area contributed by atoms with Crippen LogP contribution in [0.25, 0.3) is 0 Å². The zero-order chi connectivity index (χ0) is 12.0. The van der Waals surface area contributed by atoms with Crippen LogP contribution in [0.2, 0.25) is 0 Å². The van der Waals surface area contributed by atoms with Gasteiger partial charge in [-0.25, -0.2) is 0 Å². The van der Waals surface area contributed by atoms with Gasteiger partial charge in [0.25, 0.3) is 0 Å². The summed E-state index contributed by atoms with van der Waals surface area (Å²) in [5, 5.41) is 3.34. The van der Waals surface area contributed by atoms with E-state index in [4.69, 9.17) is 4.74 Å². The quantitative estimate of drug-likeness (QED) is 0.733. The van der Waals surface area contributed by atoms with Crippen LogP contribution in [0, 0.1) is 5.92 Å². The minimum absolute atomic E-state index is 0.0799. The molecular formula is C13H25NO2. The first-order valence-electron chi connectivity index (χ1n) is 6.57. The van der Waals surface area contributed by atoms with Gasteiger partial charge in [-0.05, 0) is 39.2 Å². The van der Waals surface area contributed by atoms with E-state index in [1.165, 1.54) is 19.3 Å². The lowest BCUT2D eigenvalue weighted by molar-refractivity contribution is -0.153. The van der Waals surface area contributed by atoms with Gasteiger partial charge >= 0.3 is 5.97 Å². The smallest absolute Gasteiger partial charge is 0.326 e. The Hall–Kier alpha value is -0.570. The lowest BCUT2D eigenvalue weighted by atomic mass is 9.75. The highest BCUT2D eigenvalue weighted by Crippen LogP contribution is 2.33. The Kier molecular flexibility index (Phi) is 5.26. The van der Waals surface area contributed by atoms with Crippen molar-refractivity contribution in [2.75, 3.05) is 13.2 Å². The summed E-state index contributed by atoms with van der Waals surface area (Å²) in [5.41, 5.74) is -0.481. The molecule has 1 saturated carbocycles. The van der Waals surface area contributed by atoms with Crippen molar-refractivity contribution in [3.63, 3.8) is 0 Å². The number of likely N-dealkylation sites (N-methyl/N-ethyl adjacent to an activating group) is 1. The van der Waals surface area contributed by atoms with Gasteiger partial charge in [-0.3, -0.25) is 4.79 Å². The van der Waals surface area contributed by atoms with E-state index in [2.05, 4.69) is 5.32 Å². The zero-order valence-electron chi connectivity index (χ0n) is 10.8. The summed E-state index contributed by atoms with van der Waals surface area (Å²) in [6, 6.07) is 0. The van der Waals surface area contributed by atoms with Crippen LogP contribution < -0.4 is 5.32 Å². The summed E-state index contributed by atoms with van der Waals surface area (Å²) in [6.45, 7) is 7.19. The van der Waals surface area contributed by atoms with Crippen LogP contribution >= 0.6 is 0 Å². The van der Waals surface area contributed by atoms with E-state index in [1.54, 1.807) is 0 Å². The normalized spacial score (nSPS) is 21.4. The Morgan fingerprint density at radius 3 is 2.44 bits per heavy atom. The van der Waals surface area contributed by atoms with Crippen LogP contribution in [0.15, 0.2) is 0 Å². The highest BCUT2D eigenvalue weighted by atomic mass is 16.5. The van der Waals surface area contributed by atoms with Crippen LogP contribution in [0.1, 0.15) is 52.9 Å². The maximum absolute atomic E-state index is 12.1. The lowest BCUT2D eigenvalue weighted by Gasteiger charge is -2.38. The van der Waals surface area contributed by atoms with Crippen LogP contribution in [-0.4, -0.2) is 24.7 Å². The van der Waals surface area contributed by atoms with Crippen molar-refractivity contribution in [3.05, 3.63) is 0 Å². The molecular weight excluding hydrogens is 202 g/mol. The van der Waals surface area contributed by atoms with E-state index < -0.39 is 5.54 Å². The number of carbonyl (C=O) groups is 1. The first-order valence-corrected chi connectivity index (χ1v) is 6.57. The van der Waals surface area contributed by atoms with E-state index >= 15 is 0 Å². The molecule has 3 heteroatoms. The van der Waals surface area contributed by atoms with Crippen molar-refractivity contribution >= 4 is 5.97 Å². The van der Waals surface area contributed by atoms with Gasteiger partial charge in [-0.2, -0.15) is 0 Å². The molecule has 1 fully saturated rings. The Bertz CT molecular complexity index is 224. The van der Waals surface area contributed by atoms with Crippen LogP contribution in [-0.2, 0) is 9.53 Å². The van der Waals surface area contributed by atoms with Crippen LogP contribution in [0.3, 0.4) is 0 Å². The minimum Gasteiger partial charge on any atom is -0.465 e. The molecule has 0 aromatic heterocycles. The van der Waals surface area contributed by atoms with E-state index in [-0.39, 0.29) is 5.97 Å². The monoisotopic (exact) mass is 227 g/mol. The van der Waals surface area contributed by atoms with E-state index in [1.807, 2.05) is 20.8 Å². The highest BCUT2D eigenvalue weighted by molar-refractivity contribution is 5.80. The second kappa shape index (κ2) is 6.24. The molecule has 0 heterocycles. The maximum atomic E-state index is 12.1. The van der Waals surface area contributed by atoms with Crippen molar-refractivity contribution in [2.45, 2.75) is 58.4 Å². The van der Waals surface area contributed by atoms with Gasteiger partial charge in [-0.1, -0.05) is 26.2 Å². The topological polar surface area (TPSA) is 38.3 Å². The standard InChI is InChI=1S/C13H25NO2/c1-4-14-13(3,12(15)16-5-2)11-9-7-6-8-10-11/h11,14H,4-10H2,1-3H3. The molecule has 0 saturated heterocycles. The maximum Gasteiger partial charge on any atom is 0.326 e. The van der Waals surface area contributed by atoms with Crippen molar-refractivity contribution in [3.8, 4) is 0 Å². The number of hydrogen-bond donors (Lipinski definition) is 1. The molecule has 0 bridgehead atoms. The second-order valence-electron chi connectivity index (χ2n) is 4.79. The molecule has 0 aromatic carbocycles. The second-order valence-corrected chi connectivity index (χ2v) is 4.79. The first-order chi connectivity index (χ1) is 7.65. The largest absolute Gasteiger partial charge is 0.465 e. The average molecular weight is 227 g/mol. The van der Waals surface area contributed by atoms with Gasteiger partial charge in [0.15, 0.2) is 0 Å². The molecule has 0 spiro atoms. The van der Waals surface area contributed by atoms with Crippen LogP contribution in [0.4, 0.5) is 0 Å². The number of rotatable bonds is 5. The Morgan fingerprint density at radius 2 is 1.94 bits per heavy atom. The molecule has 1 rings (SSSR count). The van der Waals surface area contributed by atoms with Crippen molar-refractivity contribution < 1.29 is 9.53 Å². The molecule has 1 N–H and O–H groups in total. The SMILES string of the molecule is CCNC(C)(C(=O)OCC)C1CCCCC1.